The van der Waals surface area contributed by atoms with E-state index in [0.29, 0.717) is 10.2 Å². The molecule has 0 heterocycles. The molecule has 0 aliphatic rings. The van der Waals surface area contributed by atoms with Crippen LogP contribution in [0.3, 0.4) is 0 Å². The van der Waals surface area contributed by atoms with E-state index in [1.165, 1.54) is 30.3 Å². The molecule has 1 N–H and O–H groups in total. The molecule has 0 aromatic heterocycles. The summed E-state index contributed by atoms with van der Waals surface area (Å²) in [6.07, 6.45) is 0. The molecule has 0 amide bonds. The molecule has 2 aromatic carbocycles. The Hall–Kier alpha value is -1.49. The average molecular weight is 316 g/mol. The first kappa shape index (κ1) is 13.0. The lowest BCUT2D eigenvalue weighted by molar-refractivity contribution is 0.500. The van der Waals surface area contributed by atoms with Crippen LogP contribution in [0.2, 0.25) is 0 Å². The minimum atomic E-state index is -0.880. The zero-order valence-electron chi connectivity index (χ0n) is 9.18. The van der Waals surface area contributed by atoms with Gasteiger partial charge < -0.3 is 5.32 Å². The number of hydrogen-bond acceptors (Lipinski definition) is 1. The van der Waals surface area contributed by atoms with Crippen LogP contribution < -0.4 is 5.32 Å². The molecule has 0 bridgehead atoms. The monoisotopic (exact) mass is 315 g/mol. The first-order valence-corrected chi connectivity index (χ1v) is 5.99. The van der Waals surface area contributed by atoms with E-state index in [1.54, 1.807) is 0 Å². The molecule has 1 nitrogen and oxygen atoms in total. The lowest BCUT2D eigenvalue weighted by atomic mass is 10.2. The Kier molecular flexibility index (Phi) is 3.91. The molecule has 0 saturated heterocycles. The van der Waals surface area contributed by atoms with E-state index < -0.39 is 11.6 Å². The zero-order chi connectivity index (χ0) is 13.1. The molecule has 0 fully saturated rings. The molecule has 0 radical (unpaired) electrons. The smallest absolute Gasteiger partial charge is 0.163 e. The fourth-order valence-corrected chi connectivity index (χ4v) is 1.87. The normalized spacial score (nSPS) is 10.4. The minimum Gasteiger partial charge on any atom is -0.381 e. The zero-order valence-corrected chi connectivity index (χ0v) is 10.8. The second-order valence-corrected chi connectivity index (χ2v) is 4.55. The topological polar surface area (TPSA) is 12.0 Å². The molecule has 0 aliphatic heterocycles. The molecular formula is C13H9BrF3N. The summed E-state index contributed by atoms with van der Waals surface area (Å²) < 4.78 is 39.6. The third-order valence-electron chi connectivity index (χ3n) is 2.43. The SMILES string of the molecule is Fc1ccc(NCc2cccc(F)c2F)cc1Br. The quantitative estimate of drug-likeness (QED) is 0.880. The van der Waals surface area contributed by atoms with Gasteiger partial charge in [0, 0.05) is 17.8 Å². The van der Waals surface area contributed by atoms with Gasteiger partial charge in [0.25, 0.3) is 0 Å². The van der Waals surface area contributed by atoms with Gasteiger partial charge in [-0.15, -0.1) is 0 Å². The van der Waals surface area contributed by atoms with Gasteiger partial charge in [-0.1, -0.05) is 12.1 Å². The summed E-state index contributed by atoms with van der Waals surface area (Å²) in [5, 5.41) is 2.89. The molecule has 94 valence electrons. The summed E-state index contributed by atoms with van der Waals surface area (Å²) in [6.45, 7) is 0.127. The summed E-state index contributed by atoms with van der Waals surface area (Å²) in [7, 11) is 0. The highest BCUT2D eigenvalue weighted by Gasteiger charge is 2.07. The Morgan fingerprint density at radius 3 is 2.50 bits per heavy atom. The number of anilines is 1. The largest absolute Gasteiger partial charge is 0.381 e. The summed E-state index contributed by atoms with van der Waals surface area (Å²) in [6, 6.07) is 8.34. The highest BCUT2D eigenvalue weighted by atomic mass is 79.9. The molecule has 2 rings (SSSR count). The van der Waals surface area contributed by atoms with Gasteiger partial charge in [-0.3, -0.25) is 0 Å². The van der Waals surface area contributed by atoms with Gasteiger partial charge in [0.15, 0.2) is 11.6 Å². The van der Waals surface area contributed by atoms with E-state index in [1.807, 2.05) is 0 Å². The Bertz CT molecular complexity index is 572. The lowest BCUT2D eigenvalue weighted by Crippen LogP contribution is -2.03. The highest BCUT2D eigenvalue weighted by molar-refractivity contribution is 9.10. The lowest BCUT2D eigenvalue weighted by Gasteiger charge is -2.08. The van der Waals surface area contributed by atoms with Gasteiger partial charge in [0.2, 0.25) is 0 Å². The van der Waals surface area contributed by atoms with Crippen LogP contribution in [-0.4, -0.2) is 0 Å². The van der Waals surface area contributed by atoms with Gasteiger partial charge in [0.1, 0.15) is 5.82 Å². The van der Waals surface area contributed by atoms with E-state index in [0.717, 1.165) is 6.07 Å². The standard InChI is InChI=1S/C13H9BrF3N/c14-10-6-9(4-5-11(10)15)18-7-8-2-1-3-12(16)13(8)17/h1-6,18H,7H2. The van der Waals surface area contributed by atoms with Crippen LogP contribution in [0.15, 0.2) is 40.9 Å². The van der Waals surface area contributed by atoms with Crippen molar-refractivity contribution in [3.63, 3.8) is 0 Å². The Morgan fingerprint density at radius 1 is 1.00 bits per heavy atom. The molecule has 0 unspecified atom stereocenters. The van der Waals surface area contributed by atoms with Crippen molar-refractivity contribution >= 4 is 21.6 Å². The van der Waals surface area contributed by atoms with Gasteiger partial charge in [-0.2, -0.15) is 0 Å². The summed E-state index contributed by atoms with van der Waals surface area (Å²) in [5.74, 6) is -2.13. The van der Waals surface area contributed by atoms with E-state index in [2.05, 4.69) is 21.2 Å². The molecule has 0 saturated carbocycles. The second-order valence-electron chi connectivity index (χ2n) is 3.70. The summed E-state index contributed by atoms with van der Waals surface area (Å²) >= 11 is 3.05. The van der Waals surface area contributed by atoms with E-state index >= 15 is 0 Å². The molecule has 2 aromatic rings. The van der Waals surface area contributed by atoms with Crippen molar-refractivity contribution in [2.24, 2.45) is 0 Å². The molecule has 0 atom stereocenters. The molecule has 18 heavy (non-hydrogen) atoms. The first-order valence-electron chi connectivity index (χ1n) is 5.20. The Morgan fingerprint density at radius 2 is 1.78 bits per heavy atom. The van der Waals surface area contributed by atoms with E-state index in [-0.39, 0.29) is 17.9 Å². The summed E-state index contributed by atoms with van der Waals surface area (Å²) in [4.78, 5) is 0. The van der Waals surface area contributed by atoms with Crippen LogP contribution in [-0.2, 0) is 6.54 Å². The number of hydrogen-bond donors (Lipinski definition) is 1. The van der Waals surface area contributed by atoms with Gasteiger partial charge >= 0.3 is 0 Å². The van der Waals surface area contributed by atoms with Crippen molar-refractivity contribution in [3.05, 3.63) is 63.9 Å². The third kappa shape index (κ3) is 2.85. The van der Waals surface area contributed by atoms with E-state index in [4.69, 9.17) is 0 Å². The molecule has 0 spiro atoms. The third-order valence-corrected chi connectivity index (χ3v) is 3.04. The Balaban J connectivity index is 2.11. The minimum absolute atomic E-state index is 0.127. The fraction of sp³-hybridized carbons (Fsp3) is 0.0769. The number of halogens is 4. The van der Waals surface area contributed by atoms with Gasteiger partial charge in [-0.25, -0.2) is 13.2 Å². The highest BCUT2D eigenvalue weighted by Crippen LogP contribution is 2.21. The van der Waals surface area contributed by atoms with Crippen molar-refractivity contribution in [3.8, 4) is 0 Å². The van der Waals surface area contributed by atoms with Gasteiger partial charge in [0.05, 0.1) is 4.47 Å². The predicted octanol–water partition coefficient (Wildman–Crippen LogP) is 4.48. The molecular weight excluding hydrogens is 307 g/mol. The van der Waals surface area contributed by atoms with Crippen LogP contribution >= 0.6 is 15.9 Å². The van der Waals surface area contributed by atoms with Crippen molar-refractivity contribution in [1.82, 2.24) is 0 Å². The van der Waals surface area contributed by atoms with Crippen LogP contribution in [0.5, 0.6) is 0 Å². The fourth-order valence-electron chi connectivity index (χ4n) is 1.49. The van der Waals surface area contributed by atoms with Crippen LogP contribution in [0, 0.1) is 17.5 Å². The second kappa shape index (κ2) is 5.44. The molecule has 5 heteroatoms. The van der Waals surface area contributed by atoms with Crippen molar-refractivity contribution < 1.29 is 13.2 Å². The van der Waals surface area contributed by atoms with Crippen molar-refractivity contribution in [1.29, 1.82) is 0 Å². The van der Waals surface area contributed by atoms with Crippen molar-refractivity contribution in [2.45, 2.75) is 6.54 Å². The first-order chi connectivity index (χ1) is 8.58. The van der Waals surface area contributed by atoms with Crippen LogP contribution in [0.1, 0.15) is 5.56 Å². The average Bonchev–Trinajstić information content (AvgIpc) is 2.35. The van der Waals surface area contributed by atoms with E-state index in [9.17, 15) is 13.2 Å². The number of nitrogens with one attached hydrogen (secondary N) is 1. The molecule has 0 aliphatic carbocycles. The summed E-state index contributed by atoms with van der Waals surface area (Å²) in [5.41, 5.74) is 0.836. The Labute approximate surface area is 111 Å². The maximum Gasteiger partial charge on any atom is 0.163 e. The number of benzene rings is 2. The van der Waals surface area contributed by atoms with Gasteiger partial charge in [-0.05, 0) is 40.2 Å². The maximum absolute atomic E-state index is 13.4. The van der Waals surface area contributed by atoms with Crippen LogP contribution in [0.25, 0.3) is 0 Å². The number of rotatable bonds is 3. The van der Waals surface area contributed by atoms with Crippen LogP contribution in [0.4, 0.5) is 18.9 Å². The predicted molar refractivity (Wildman–Crippen MR) is 67.8 cm³/mol. The van der Waals surface area contributed by atoms with Crippen molar-refractivity contribution in [2.75, 3.05) is 5.32 Å². The maximum atomic E-state index is 13.4.